The van der Waals surface area contributed by atoms with Crippen LogP contribution in [0.15, 0.2) is 209 Å². The number of benzene rings is 9. The first-order chi connectivity index (χ1) is 27.3. The van der Waals surface area contributed by atoms with E-state index in [2.05, 4.69) is 187 Å². The van der Waals surface area contributed by atoms with Crippen molar-refractivity contribution in [1.29, 1.82) is 0 Å². The number of fused-ring (bicyclic) bond motifs is 8. The van der Waals surface area contributed by atoms with Crippen LogP contribution in [-0.2, 0) is 0 Å². The van der Waals surface area contributed by atoms with E-state index < -0.39 is 0 Å². The Bertz CT molecular complexity index is 3220. The van der Waals surface area contributed by atoms with Crippen LogP contribution in [0.2, 0.25) is 0 Å². The van der Waals surface area contributed by atoms with E-state index in [1.807, 2.05) is 18.2 Å². The van der Waals surface area contributed by atoms with Crippen LogP contribution in [0.5, 0.6) is 0 Å². The molecule has 0 unspecified atom stereocenters. The summed E-state index contributed by atoms with van der Waals surface area (Å²) in [6, 6.07) is 71.0. The first-order valence-corrected chi connectivity index (χ1v) is 18.7. The minimum absolute atomic E-state index is 0.856. The molecule has 0 N–H and O–H groups in total. The predicted molar refractivity (Wildman–Crippen MR) is 229 cm³/mol. The summed E-state index contributed by atoms with van der Waals surface area (Å²) in [5.41, 5.74) is 13.7. The number of hydrogen-bond acceptors (Lipinski definition) is 3. The molecule has 0 amide bonds. The molecule has 3 heteroatoms. The zero-order valence-electron chi connectivity index (χ0n) is 29.8. The molecule has 11 rings (SSSR count). The lowest BCUT2D eigenvalue weighted by molar-refractivity contribution is 0.668. The quantitative estimate of drug-likeness (QED) is 0.173. The zero-order valence-corrected chi connectivity index (χ0v) is 29.8. The average Bonchev–Trinajstić information content (AvgIpc) is 3.83. The Morgan fingerprint density at radius 3 is 1.60 bits per heavy atom. The Balaban J connectivity index is 1.13. The van der Waals surface area contributed by atoms with Crippen LogP contribution in [0.3, 0.4) is 0 Å². The molecule has 0 aliphatic rings. The first kappa shape index (κ1) is 31.2. The van der Waals surface area contributed by atoms with Crippen LogP contribution < -0.4 is 4.90 Å². The Labute approximate surface area is 317 Å². The van der Waals surface area contributed by atoms with Crippen LogP contribution in [0.1, 0.15) is 0 Å². The molecule has 2 heterocycles. The molecular weight excluding hydrogens is 671 g/mol. The van der Waals surface area contributed by atoms with Gasteiger partial charge in [-0.3, -0.25) is 0 Å². The third-order valence-corrected chi connectivity index (χ3v) is 10.8. The molecule has 0 fully saturated rings. The van der Waals surface area contributed by atoms with Crippen molar-refractivity contribution < 1.29 is 8.83 Å². The second-order valence-electron chi connectivity index (χ2n) is 14.1. The van der Waals surface area contributed by atoms with Gasteiger partial charge in [0.2, 0.25) is 0 Å². The van der Waals surface area contributed by atoms with Crippen molar-refractivity contribution in [3.05, 3.63) is 200 Å². The third-order valence-electron chi connectivity index (χ3n) is 10.8. The van der Waals surface area contributed by atoms with Gasteiger partial charge in [-0.1, -0.05) is 140 Å². The van der Waals surface area contributed by atoms with E-state index in [1.165, 1.54) is 21.9 Å². The lowest BCUT2D eigenvalue weighted by Crippen LogP contribution is -2.10. The molecule has 258 valence electrons. The summed E-state index contributed by atoms with van der Waals surface area (Å²) in [5.74, 6) is 0. The van der Waals surface area contributed by atoms with Crippen molar-refractivity contribution in [2.45, 2.75) is 0 Å². The molecule has 0 spiro atoms. The third kappa shape index (κ3) is 5.20. The van der Waals surface area contributed by atoms with Crippen molar-refractivity contribution in [2.24, 2.45) is 0 Å². The molecule has 0 aliphatic carbocycles. The van der Waals surface area contributed by atoms with Crippen molar-refractivity contribution in [2.75, 3.05) is 4.90 Å². The SMILES string of the molecule is c1ccc(-c2cccc(-c3cccc(N(c4cccc(-c5cccc6ccc7oc8ccccc8c7c56)c4)c4cccc5oc6ccccc6c45)c3)c2)cc1. The van der Waals surface area contributed by atoms with Gasteiger partial charge in [0, 0.05) is 32.9 Å². The molecule has 2 aromatic heterocycles. The highest BCUT2D eigenvalue weighted by Crippen LogP contribution is 2.46. The summed E-state index contributed by atoms with van der Waals surface area (Å²) in [4.78, 5) is 2.38. The van der Waals surface area contributed by atoms with Gasteiger partial charge in [-0.2, -0.15) is 0 Å². The van der Waals surface area contributed by atoms with Gasteiger partial charge in [0.05, 0.1) is 11.1 Å². The van der Waals surface area contributed by atoms with E-state index in [4.69, 9.17) is 8.83 Å². The Kier molecular flexibility index (Phi) is 7.17. The number of hydrogen-bond donors (Lipinski definition) is 0. The average molecular weight is 704 g/mol. The lowest BCUT2D eigenvalue weighted by atomic mass is 9.94. The van der Waals surface area contributed by atoms with Gasteiger partial charge in [0.15, 0.2) is 0 Å². The van der Waals surface area contributed by atoms with Gasteiger partial charge < -0.3 is 13.7 Å². The van der Waals surface area contributed by atoms with Crippen molar-refractivity contribution in [3.63, 3.8) is 0 Å². The largest absolute Gasteiger partial charge is 0.456 e. The molecule has 0 radical (unpaired) electrons. The molecule has 0 saturated heterocycles. The first-order valence-electron chi connectivity index (χ1n) is 18.7. The number of rotatable bonds is 6. The molecule has 55 heavy (non-hydrogen) atoms. The molecular formula is C52H33NO2. The summed E-state index contributed by atoms with van der Waals surface area (Å²) < 4.78 is 12.8. The maximum absolute atomic E-state index is 6.44. The normalized spacial score (nSPS) is 11.6. The van der Waals surface area contributed by atoms with Crippen LogP contribution in [-0.4, -0.2) is 0 Å². The summed E-state index contributed by atoms with van der Waals surface area (Å²) in [7, 11) is 0. The van der Waals surface area contributed by atoms with Gasteiger partial charge in [-0.15, -0.1) is 0 Å². The van der Waals surface area contributed by atoms with E-state index >= 15 is 0 Å². The molecule has 11 aromatic rings. The molecule has 0 saturated carbocycles. The molecule has 0 aliphatic heterocycles. The summed E-state index contributed by atoms with van der Waals surface area (Å²) in [6.45, 7) is 0. The summed E-state index contributed by atoms with van der Waals surface area (Å²) >= 11 is 0. The van der Waals surface area contributed by atoms with Gasteiger partial charge in [0.1, 0.15) is 22.3 Å². The van der Waals surface area contributed by atoms with E-state index in [-0.39, 0.29) is 0 Å². The Morgan fingerprint density at radius 1 is 0.309 bits per heavy atom. The Morgan fingerprint density at radius 2 is 0.836 bits per heavy atom. The van der Waals surface area contributed by atoms with Crippen molar-refractivity contribution in [1.82, 2.24) is 0 Å². The van der Waals surface area contributed by atoms with E-state index in [9.17, 15) is 0 Å². The maximum Gasteiger partial charge on any atom is 0.137 e. The number of para-hydroxylation sites is 2. The van der Waals surface area contributed by atoms with Gasteiger partial charge in [0.25, 0.3) is 0 Å². The van der Waals surface area contributed by atoms with Gasteiger partial charge in [-0.05, 0) is 99.4 Å². The fourth-order valence-electron chi connectivity index (χ4n) is 8.35. The fraction of sp³-hybridized carbons (Fsp3) is 0. The topological polar surface area (TPSA) is 29.5 Å². The van der Waals surface area contributed by atoms with Crippen LogP contribution >= 0.6 is 0 Å². The molecule has 0 atom stereocenters. The number of furan rings is 2. The van der Waals surface area contributed by atoms with Crippen molar-refractivity contribution >= 4 is 71.7 Å². The van der Waals surface area contributed by atoms with Crippen LogP contribution in [0, 0.1) is 0 Å². The summed E-state index contributed by atoms with van der Waals surface area (Å²) in [6.07, 6.45) is 0. The Hall–Kier alpha value is -7.36. The van der Waals surface area contributed by atoms with Crippen LogP contribution in [0.4, 0.5) is 17.1 Å². The van der Waals surface area contributed by atoms with E-state index in [0.29, 0.717) is 0 Å². The second-order valence-corrected chi connectivity index (χ2v) is 14.1. The van der Waals surface area contributed by atoms with Crippen LogP contribution in [0.25, 0.3) is 88.0 Å². The predicted octanol–water partition coefficient (Wildman–Crippen LogP) is 15.1. The van der Waals surface area contributed by atoms with Gasteiger partial charge in [-0.25, -0.2) is 0 Å². The highest BCUT2D eigenvalue weighted by Gasteiger charge is 2.21. The van der Waals surface area contributed by atoms with Crippen molar-refractivity contribution in [3.8, 4) is 33.4 Å². The standard InChI is InChI=1S/C52H33NO2/c1-2-13-34(14-3-1)36-16-8-17-37(31-36)38-18-9-20-40(32-38)53(45-25-12-28-48-51(45)43-22-4-6-26-46(43)54-48)41-21-10-19-39(33-41)42-24-11-15-35-29-30-49-52(50(35)42)44-23-5-7-27-47(44)55-49/h1-33H. The second kappa shape index (κ2) is 12.6. The molecule has 9 aromatic carbocycles. The fourth-order valence-corrected chi connectivity index (χ4v) is 8.35. The lowest BCUT2D eigenvalue weighted by Gasteiger charge is -2.27. The van der Waals surface area contributed by atoms with E-state index in [0.717, 1.165) is 83.2 Å². The summed E-state index contributed by atoms with van der Waals surface area (Å²) in [5, 5.41) is 6.81. The highest BCUT2D eigenvalue weighted by molar-refractivity contribution is 6.23. The number of anilines is 3. The maximum atomic E-state index is 6.44. The minimum Gasteiger partial charge on any atom is -0.456 e. The monoisotopic (exact) mass is 703 g/mol. The van der Waals surface area contributed by atoms with E-state index in [1.54, 1.807) is 0 Å². The zero-order chi connectivity index (χ0) is 36.3. The van der Waals surface area contributed by atoms with Gasteiger partial charge >= 0.3 is 0 Å². The molecule has 0 bridgehead atoms. The minimum atomic E-state index is 0.856. The highest BCUT2D eigenvalue weighted by atomic mass is 16.3. The number of nitrogens with zero attached hydrogens (tertiary/aromatic N) is 1. The smallest absolute Gasteiger partial charge is 0.137 e. The molecule has 3 nitrogen and oxygen atoms in total.